The highest BCUT2D eigenvalue weighted by Gasteiger charge is 2.19. The summed E-state index contributed by atoms with van der Waals surface area (Å²) in [5.74, 6) is -0.981. The van der Waals surface area contributed by atoms with Gasteiger partial charge in [0, 0.05) is 26.2 Å². The van der Waals surface area contributed by atoms with Crippen LogP contribution in [0.5, 0.6) is 0 Å². The fourth-order valence-corrected chi connectivity index (χ4v) is 1.88. The molecule has 0 aromatic rings. The smallest absolute Gasteiger partial charge is 0.306 e. The fourth-order valence-electron chi connectivity index (χ4n) is 1.88. The molecule has 1 aliphatic rings. The first-order valence-electron chi connectivity index (χ1n) is 6.06. The lowest BCUT2D eigenvalue weighted by molar-refractivity contribution is -0.139. The lowest BCUT2D eigenvalue weighted by atomic mass is 10.2. The molecule has 6 heteroatoms. The maximum Gasteiger partial charge on any atom is 0.306 e. The van der Waals surface area contributed by atoms with Crippen LogP contribution in [0.25, 0.3) is 0 Å². The van der Waals surface area contributed by atoms with E-state index in [2.05, 4.69) is 17.1 Å². The number of ether oxygens (including phenoxy) is 1. The van der Waals surface area contributed by atoms with E-state index in [1.54, 1.807) is 0 Å². The Balaban J connectivity index is 2.11. The van der Waals surface area contributed by atoms with Gasteiger partial charge >= 0.3 is 5.97 Å². The van der Waals surface area contributed by atoms with E-state index < -0.39 is 12.1 Å². The van der Waals surface area contributed by atoms with E-state index in [-0.39, 0.29) is 19.1 Å². The second kappa shape index (κ2) is 7.60. The van der Waals surface area contributed by atoms with Crippen LogP contribution < -0.4 is 5.32 Å². The topological polar surface area (TPSA) is 82.0 Å². The van der Waals surface area contributed by atoms with Crippen molar-refractivity contribution in [3.63, 3.8) is 0 Å². The highest BCUT2D eigenvalue weighted by Crippen LogP contribution is 2.03. The molecule has 0 saturated carbocycles. The third kappa shape index (κ3) is 5.97. The average molecular weight is 246 g/mol. The molecular formula is C11H22N2O4. The summed E-state index contributed by atoms with van der Waals surface area (Å²) in [6.07, 6.45) is -0.932. The van der Waals surface area contributed by atoms with Gasteiger partial charge in [0.05, 0.1) is 25.2 Å². The van der Waals surface area contributed by atoms with Crippen molar-refractivity contribution in [3.8, 4) is 0 Å². The van der Waals surface area contributed by atoms with Crippen molar-refractivity contribution in [3.05, 3.63) is 0 Å². The first-order chi connectivity index (χ1) is 8.11. The molecule has 1 heterocycles. The molecule has 0 amide bonds. The standard InChI is InChI=1S/C11H22N2O4/c1-2-13-3-4-17-10(8-13)7-12-6-9(14)5-11(15)16/h9-10,12,14H,2-8H2,1H3,(H,15,16). The number of hydrogen-bond acceptors (Lipinski definition) is 5. The summed E-state index contributed by atoms with van der Waals surface area (Å²) in [4.78, 5) is 12.6. The number of carboxylic acids is 1. The number of aliphatic hydroxyl groups excluding tert-OH is 1. The van der Waals surface area contributed by atoms with E-state index in [0.717, 1.165) is 26.2 Å². The number of nitrogens with one attached hydrogen (secondary N) is 1. The van der Waals surface area contributed by atoms with Gasteiger partial charge in [-0.15, -0.1) is 0 Å². The molecule has 6 nitrogen and oxygen atoms in total. The normalized spacial score (nSPS) is 23.5. The summed E-state index contributed by atoms with van der Waals surface area (Å²) in [5.41, 5.74) is 0. The van der Waals surface area contributed by atoms with E-state index in [1.807, 2.05) is 0 Å². The number of carboxylic acid groups (broad SMARTS) is 1. The Morgan fingerprint density at radius 1 is 1.65 bits per heavy atom. The van der Waals surface area contributed by atoms with E-state index >= 15 is 0 Å². The van der Waals surface area contributed by atoms with E-state index in [9.17, 15) is 9.90 Å². The van der Waals surface area contributed by atoms with Crippen LogP contribution in [0.3, 0.4) is 0 Å². The molecule has 3 N–H and O–H groups in total. The summed E-state index contributed by atoms with van der Waals surface area (Å²) in [6, 6.07) is 0. The maximum absolute atomic E-state index is 10.3. The number of hydrogen-bond donors (Lipinski definition) is 3. The number of morpholine rings is 1. The van der Waals surface area contributed by atoms with Gasteiger partial charge in [-0.3, -0.25) is 9.69 Å². The minimum Gasteiger partial charge on any atom is -0.481 e. The van der Waals surface area contributed by atoms with E-state index in [4.69, 9.17) is 9.84 Å². The molecule has 0 radical (unpaired) electrons. The van der Waals surface area contributed by atoms with Crippen LogP contribution in [0.2, 0.25) is 0 Å². The average Bonchev–Trinajstić information content (AvgIpc) is 2.28. The van der Waals surface area contributed by atoms with Crippen LogP contribution in [-0.2, 0) is 9.53 Å². The van der Waals surface area contributed by atoms with Crippen LogP contribution in [0.15, 0.2) is 0 Å². The van der Waals surface area contributed by atoms with Gasteiger partial charge in [-0.05, 0) is 6.54 Å². The van der Waals surface area contributed by atoms with Gasteiger partial charge in [-0.25, -0.2) is 0 Å². The van der Waals surface area contributed by atoms with Crippen molar-refractivity contribution in [2.24, 2.45) is 0 Å². The summed E-state index contributed by atoms with van der Waals surface area (Å²) >= 11 is 0. The van der Waals surface area contributed by atoms with Crippen LogP contribution in [0, 0.1) is 0 Å². The first kappa shape index (κ1) is 14.4. The minimum atomic E-state index is -0.981. The van der Waals surface area contributed by atoms with Crippen LogP contribution in [-0.4, -0.2) is 72.6 Å². The van der Waals surface area contributed by atoms with Crippen molar-refractivity contribution in [2.45, 2.75) is 25.6 Å². The van der Waals surface area contributed by atoms with Gasteiger partial charge in [0.15, 0.2) is 0 Å². The molecular weight excluding hydrogens is 224 g/mol. The molecule has 17 heavy (non-hydrogen) atoms. The molecule has 1 rings (SSSR count). The number of nitrogens with zero attached hydrogens (tertiary/aromatic N) is 1. The molecule has 0 aliphatic carbocycles. The monoisotopic (exact) mass is 246 g/mol. The van der Waals surface area contributed by atoms with E-state index in [1.165, 1.54) is 0 Å². The van der Waals surface area contributed by atoms with Crippen molar-refractivity contribution in [1.29, 1.82) is 0 Å². The number of aliphatic carboxylic acids is 1. The Kier molecular flexibility index (Phi) is 6.43. The zero-order chi connectivity index (χ0) is 12.7. The Bertz CT molecular complexity index is 238. The highest BCUT2D eigenvalue weighted by atomic mass is 16.5. The highest BCUT2D eigenvalue weighted by molar-refractivity contribution is 5.67. The van der Waals surface area contributed by atoms with Crippen LogP contribution in [0.1, 0.15) is 13.3 Å². The molecule has 0 spiro atoms. The van der Waals surface area contributed by atoms with Gasteiger partial charge in [0.2, 0.25) is 0 Å². The van der Waals surface area contributed by atoms with Gasteiger partial charge in [-0.1, -0.05) is 6.92 Å². The predicted molar refractivity (Wildman–Crippen MR) is 63.0 cm³/mol. The first-order valence-corrected chi connectivity index (χ1v) is 6.06. The zero-order valence-electron chi connectivity index (χ0n) is 10.3. The molecule has 100 valence electrons. The summed E-state index contributed by atoms with van der Waals surface area (Å²) in [6.45, 7) is 6.66. The second-order valence-electron chi connectivity index (χ2n) is 4.30. The molecule has 0 aromatic heterocycles. The van der Waals surface area contributed by atoms with Gasteiger partial charge in [0.1, 0.15) is 0 Å². The van der Waals surface area contributed by atoms with Crippen LogP contribution in [0.4, 0.5) is 0 Å². The lowest BCUT2D eigenvalue weighted by Gasteiger charge is -2.32. The second-order valence-corrected chi connectivity index (χ2v) is 4.30. The van der Waals surface area contributed by atoms with Gasteiger partial charge in [0.25, 0.3) is 0 Å². The fraction of sp³-hybridized carbons (Fsp3) is 0.909. The molecule has 2 atom stereocenters. The van der Waals surface area contributed by atoms with Crippen molar-refractivity contribution < 1.29 is 19.7 Å². The zero-order valence-corrected chi connectivity index (χ0v) is 10.3. The van der Waals surface area contributed by atoms with Crippen molar-refractivity contribution in [1.82, 2.24) is 10.2 Å². The SMILES string of the molecule is CCN1CCOC(CNCC(O)CC(=O)O)C1. The molecule has 2 unspecified atom stereocenters. The van der Waals surface area contributed by atoms with Crippen LogP contribution >= 0.6 is 0 Å². The molecule has 0 aromatic carbocycles. The molecule has 1 saturated heterocycles. The molecule has 0 bridgehead atoms. The largest absolute Gasteiger partial charge is 0.481 e. The Labute approximate surface area is 102 Å². The summed E-state index contributed by atoms with van der Waals surface area (Å²) < 4.78 is 5.57. The predicted octanol–water partition coefficient (Wildman–Crippen LogP) is -0.868. The summed E-state index contributed by atoms with van der Waals surface area (Å²) in [5, 5.41) is 20.9. The van der Waals surface area contributed by atoms with Gasteiger partial charge < -0.3 is 20.3 Å². The van der Waals surface area contributed by atoms with Gasteiger partial charge in [-0.2, -0.15) is 0 Å². The Hall–Kier alpha value is -0.690. The van der Waals surface area contributed by atoms with Crippen molar-refractivity contribution >= 4 is 5.97 Å². The summed E-state index contributed by atoms with van der Waals surface area (Å²) in [7, 11) is 0. The lowest BCUT2D eigenvalue weighted by Crippen LogP contribution is -2.47. The molecule has 1 fully saturated rings. The third-order valence-corrected chi connectivity index (χ3v) is 2.83. The Morgan fingerprint density at radius 3 is 3.06 bits per heavy atom. The maximum atomic E-state index is 10.3. The van der Waals surface area contributed by atoms with Crippen molar-refractivity contribution in [2.75, 3.05) is 39.3 Å². The number of aliphatic hydroxyl groups is 1. The molecule has 1 aliphatic heterocycles. The number of likely N-dealkylation sites (N-methyl/N-ethyl adjacent to an activating group) is 1. The number of carbonyl (C=O) groups is 1. The Morgan fingerprint density at radius 2 is 2.41 bits per heavy atom. The minimum absolute atomic E-state index is 0.126. The third-order valence-electron chi connectivity index (χ3n) is 2.83. The number of rotatable bonds is 7. The van der Waals surface area contributed by atoms with E-state index in [0.29, 0.717) is 6.54 Å². The quantitative estimate of drug-likeness (QED) is 0.542.